The molecule has 1 aromatic carbocycles. The highest BCUT2D eigenvalue weighted by atomic mass is 16.2. The zero-order chi connectivity index (χ0) is 16.2. The molecule has 1 amide bonds. The van der Waals surface area contributed by atoms with Crippen molar-refractivity contribution in [2.24, 2.45) is 0 Å². The first-order valence-electron chi connectivity index (χ1n) is 8.10. The number of carbonyl (C=O) groups is 1. The minimum absolute atomic E-state index is 0.0181. The molecule has 120 valence electrons. The van der Waals surface area contributed by atoms with E-state index < -0.39 is 0 Å². The van der Waals surface area contributed by atoms with Gasteiger partial charge in [0.15, 0.2) is 0 Å². The number of nitrogens with one attached hydrogen (secondary N) is 1. The summed E-state index contributed by atoms with van der Waals surface area (Å²) in [6.07, 6.45) is 6.54. The smallest absolute Gasteiger partial charge is 0.274 e. The molecular weight excluding hydrogens is 288 g/mol. The predicted octanol–water partition coefficient (Wildman–Crippen LogP) is 3.46. The van der Waals surface area contributed by atoms with Crippen molar-refractivity contribution in [3.05, 3.63) is 47.4 Å². The number of aryl methyl sites for hydroxylation is 1. The number of amides is 1. The average molecular weight is 310 g/mol. The number of anilines is 2. The Bertz CT molecular complexity index is 691. The molecule has 0 radical (unpaired) electrons. The predicted molar refractivity (Wildman–Crippen MR) is 91.0 cm³/mol. The van der Waals surface area contributed by atoms with Gasteiger partial charge in [-0.3, -0.25) is 4.79 Å². The third-order valence-electron chi connectivity index (χ3n) is 4.38. The zero-order valence-corrected chi connectivity index (χ0v) is 13.7. The summed E-state index contributed by atoms with van der Waals surface area (Å²) in [6, 6.07) is 6.09. The molecule has 2 aromatic rings. The number of benzene rings is 1. The van der Waals surface area contributed by atoms with E-state index in [0.717, 1.165) is 31.6 Å². The van der Waals surface area contributed by atoms with Gasteiger partial charge in [0, 0.05) is 18.8 Å². The van der Waals surface area contributed by atoms with Crippen molar-refractivity contribution < 1.29 is 4.79 Å². The standard InChI is InChI=1S/C18H22N4O/c1-13-7-6-8-15(14(13)2)21-17-12-19-16(11-20-17)18(23)22-9-4-3-5-10-22/h6-8,11-12H,3-5,9-10H2,1-2H3,(H,20,21). The minimum atomic E-state index is -0.0181. The van der Waals surface area contributed by atoms with Crippen LogP contribution in [0.15, 0.2) is 30.6 Å². The third-order valence-corrected chi connectivity index (χ3v) is 4.38. The van der Waals surface area contributed by atoms with Crippen molar-refractivity contribution in [2.75, 3.05) is 18.4 Å². The van der Waals surface area contributed by atoms with Crippen molar-refractivity contribution >= 4 is 17.4 Å². The van der Waals surface area contributed by atoms with Crippen molar-refractivity contribution in [2.45, 2.75) is 33.1 Å². The molecule has 1 aliphatic rings. The highest BCUT2D eigenvalue weighted by Gasteiger charge is 2.19. The molecule has 0 spiro atoms. The third kappa shape index (κ3) is 3.50. The van der Waals surface area contributed by atoms with E-state index in [1.165, 1.54) is 17.5 Å². The second-order valence-corrected chi connectivity index (χ2v) is 6.01. The molecule has 0 unspecified atom stereocenters. The molecule has 1 aromatic heterocycles. The van der Waals surface area contributed by atoms with E-state index in [0.29, 0.717) is 11.5 Å². The molecular formula is C18H22N4O. The van der Waals surface area contributed by atoms with Gasteiger partial charge in [-0.1, -0.05) is 12.1 Å². The van der Waals surface area contributed by atoms with Crippen LogP contribution in [0.5, 0.6) is 0 Å². The quantitative estimate of drug-likeness (QED) is 0.943. The fourth-order valence-corrected chi connectivity index (χ4v) is 2.79. The molecule has 5 heteroatoms. The number of piperidine rings is 1. The van der Waals surface area contributed by atoms with Gasteiger partial charge in [0.2, 0.25) is 0 Å². The van der Waals surface area contributed by atoms with Gasteiger partial charge in [0.1, 0.15) is 11.5 Å². The van der Waals surface area contributed by atoms with E-state index in [1.807, 2.05) is 17.0 Å². The van der Waals surface area contributed by atoms with Crippen molar-refractivity contribution in [3.8, 4) is 0 Å². The Morgan fingerprint density at radius 2 is 1.87 bits per heavy atom. The Hall–Kier alpha value is -2.43. The van der Waals surface area contributed by atoms with E-state index >= 15 is 0 Å². The maximum atomic E-state index is 12.4. The molecule has 0 atom stereocenters. The Kier molecular flexibility index (Phi) is 4.55. The Labute approximate surface area is 136 Å². The molecule has 0 bridgehead atoms. The van der Waals surface area contributed by atoms with Crippen LogP contribution in [0.1, 0.15) is 40.9 Å². The highest BCUT2D eigenvalue weighted by Crippen LogP contribution is 2.21. The van der Waals surface area contributed by atoms with Gasteiger partial charge in [-0.15, -0.1) is 0 Å². The molecule has 5 nitrogen and oxygen atoms in total. The van der Waals surface area contributed by atoms with Crippen LogP contribution < -0.4 is 5.32 Å². The Balaban J connectivity index is 1.71. The van der Waals surface area contributed by atoms with Crippen LogP contribution in [0, 0.1) is 13.8 Å². The van der Waals surface area contributed by atoms with E-state index in [2.05, 4.69) is 35.2 Å². The summed E-state index contributed by atoms with van der Waals surface area (Å²) in [6.45, 7) is 5.79. The van der Waals surface area contributed by atoms with E-state index in [4.69, 9.17) is 0 Å². The normalized spacial score (nSPS) is 14.6. The summed E-state index contributed by atoms with van der Waals surface area (Å²) < 4.78 is 0. The summed E-state index contributed by atoms with van der Waals surface area (Å²) in [4.78, 5) is 22.9. The first-order chi connectivity index (χ1) is 11.1. The zero-order valence-electron chi connectivity index (χ0n) is 13.7. The number of nitrogens with zero attached hydrogens (tertiary/aromatic N) is 3. The molecule has 1 saturated heterocycles. The number of hydrogen-bond donors (Lipinski definition) is 1. The Morgan fingerprint density at radius 3 is 2.57 bits per heavy atom. The fraction of sp³-hybridized carbons (Fsp3) is 0.389. The van der Waals surface area contributed by atoms with Crippen molar-refractivity contribution in [1.82, 2.24) is 14.9 Å². The maximum absolute atomic E-state index is 12.4. The molecule has 0 saturated carbocycles. The van der Waals surface area contributed by atoms with Gasteiger partial charge >= 0.3 is 0 Å². The SMILES string of the molecule is Cc1cccc(Nc2cnc(C(=O)N3CCCCC3)cn2)c1C. The molecule has 1 aliphatic heterocycles. The number of likely N-dealkylation sites (tertiary alicyclic amines) is 1. The van der Waals surface area contributed by atoms with Gasteiger partial charge in [0.25, 0.3) is 5.91 Å². The summed E-state index contributed by atoms with van der Waals surface area (Å²) in [5, 5.41) is 3.26. The van der Waals surface area contributed by atoms with Crippen LogP contribution in [0.2, 0.25) is 0 Å². The minimum Gasteiger partial charge on any atom is -0.339 e. The first-order valence-corrected chi connectivity index (χ1v) is 8.10. The second kappa shape index (κ2) is 6.77. The average Bonchev–Trinajstić information content (AvgIpc) is 2.60. The van der Waals surface area contributed by atoms with Gasteiger partial charge in [-0.2, -0.15) is 0 Å². The maximum Gasteiger partial charge on any atom is 0.274 e. The number of aromatic nitrogens is 2. The monoisotopic (exact) mass is 310 g/mol. The highest BCUT2D eigenvalue weighted by molar-refractivity contribution is 5.92. The van der Waals surface area contributed by atoms with Gasteiger partial charge < -0.3 is 10.2 Å². The number of hydrogen-bond acceptors (Lipinski definition) is 4. The van der Waals surface area contributed by atoms with Crippen LogP contribution in [0.3, 0.4) is 0 Å². The lowest BCUT2D eigenvalue weighted by atomic mass is 10.1. The van der Waals surface area contributed by atoms with Crippen LogP contribution in [0.25, 0.3) is 0 Å². The van der Waals surface area contributed by atoms with Gasteiger partial charge in [0.05, 0.1) is 12.4 Å². The lowest BCUT2D eigenvalue weighted by Crippen LogP contribution is -2.36. The summed E-state index contributed by atoms with van der Waals surface area (Å²) in [5.74, 6) is 0.629. The molecule has 1 fully saturated rings. The lowest BCUT2D eigenvalue weighted by Gasteiger charge is -2.26. The summed E-state index contributed by atoms with van der Waals surface area (Å²) in [5.41, 5.74) is 3.83. The van der Waals surface area contributed by atoms with Gasteiger partial charge in [-0.25, -0.2) is 9.97 Å². The van der Waals surface area contributed by atoms with Gasteiger partial charge in [-0.05, 0) is 50.3 Å². The van der Waals surface area contributed by atoms with E-state index in [1.54, 1.807) is 12.4 Å². The van der Waals surface area contributed by atoms with Crippen molar-refractivity contribution in [1.29, 1.82) is 0 Å². The van der Waals surface area contributed by atoms with Crippen molar-refractivity contribution in [3.63, 3.8) is 0 Å². The largest absolute Gasteiger partial charge is 0.339 e. The van der Waals surface area contributed by atoms with E-state index in [9.17, 15) is 4.79 Å². The topological polar surface area (TPSA) is 58.1 Å². The number of rotatable bonds is 3. The van der Waals surface area contributed by atoms with Crippen LogP contribution in [0.4, 0.5) is 11.5 Å². The van der Waals surface area contributed by atoms with Crippen LogP contribution in [-0.4, -0.2) is 33.9 Å². The summed E-state index contributed by atoms with van der Waals surface area (Å²) >= 11 is 0. The molecule has 2 heterocycles. The van der Waals surface area contributed by atoms with Crippen LogP contribution in [-0.2, 0) is 0 Å². The molecule has 0 aliphatic carbocycles. The molecule has 3 rings (SSSR count). The van der Waals surface area contributed by atoms with E-state index in [-0.39, 0.29) is 5.91 Å². The summed E-state index contributed by atoms with van der Waals surface area (Å²) in [7, 11) is 0. The van der Waals surface area contributed by atoms with Crippen LogP contribution >= 0.6 is 0 Å². The number of carbonyl (C=O) groups excluding carboxylic acids is 1. The first kappa shape index (κ1) is 15.5. The second-order valence-electron chi connectivity index (χ2n) is 6.01. The molecule has 1 N–H and O–H groups in total. The fourth-order valence-electron chi connectivity index (χ4n) is 2.79. The lowest BCUT2D eigenvalue weighted by molar-refractivity contribution is 0.0718. The Morgan fingerprint density at radius 1 is 1.09 bits per heavy atom. The molecule has 23 heavy (non-hydrogen) atoms.